The molecule has 13 rings (SSSR count). The Morgan fingerprint density at radius 2 is 0.672 bits per heavy atom. The molecule has 8 aromatic carbocycles. The van der Waals surface area contributed by atoms with Gasteiger partial charge in [0.2, 0.25) is 0 Å². The molecule has 0 unspecified atom stereocenters. The molecule has 0 aliphatic carbocycles. The van der Waals surface area contributed by atoms with Crippen LogP contribution in [0.4, 0.5) is 34.1 Å². The van der Waals surface area contributed by atoms with Crippen LogP contribution in [0.2, 0.25) is 0 Å². The van der Waals surface area contributed by atoms with E-state index in [-0.39, 0.29) is 0 Å². The third-order valence-corrected chi connectivity index (χ3v) is 24.3. The molecule has 0 amide bonds. The second-order valence-electron chi connectivity index (χ2n) is 16.9. The van der Waals surface area contributed by atoms with Crippen molar-refractivity contribution >= 4 is 65.0 Å². The summed E-state index contributed by atoms with van der Waals surface area (Å²) in [6.45, 7) is 0. The van der Waals surface area contributed by atoms with Gasteiger partial charge in [0.05, 0.1) is 0 Å². The summed E-state index contributed by atoms with van der Waals surface area (Å²) in [5.74, 6) is 0. The van der Waals surface area contributed by atoms with Crippen LogP contribution < -0.4 is 27.4 Å². The van der Waals surface area contributed by atoms with Gasteiger partial charge in [-0.3, -0.25) is 9.97 Å². The van der Waals surface area contributed by atoms with Crippen LogP contribution in [0.5, 0.6) is 0 Å². The summed E-state index contributed by atoms with van der Waals surface area (Å²) in [5, 5.41) is 0. The normalized spacial score (nSPS) is 14.4. The minimum absolute atomic E-state index is 0.621. The van der Waals surface area contributed by atoms with E-state index in [0.717, 1.165) is 27.9 Å². The van der Waals surface area contributed by atoms with Crippen molar-refractivity contribution in [2.45, 2.75) is 5.41 Å². The van der Waals surface area contributed by atoms with Gasteiger partial charge in [-0.05, 0) is 0 Å². The molecule has 0 saturated heterocycles. The number of rotatable bonds is 4. The number of benzene rings is 8. The molecule has 0 fully saturated rings. The first-order chi connectivity index (χ1) is 31.8. The Kier molecular flexibility index (Phi) is 8.27. The molecule has 3 aliphatic heterocycles. The van der Waals surface area contributed by atoms with Gasteiger partial charge in [-0.25, -0.2) is 0 Å². The van der Waals surface area contributed by atoms with Gasteiger partial charge >= 0.3 is 368 Å². The van der Waals surface area contributed by atoms with Gasteiger partial charge in [-0.15, -0.1) is 0 Å². The Labute approximate surface area is 375 Å². The van der Waals surface area contributed by atoms with E-state index < -0.39 is 18.7 Å². The number of fused-ring (bicyclic) bond motifs is 14. The Morgan fingerprint density at radius 1 is 0.297 bits per heavy atom. The molecule has 300 valence electrons. The summed E-state index contributed by atoms with van der Waals surface area (Å²) in [7, 11) is 0. The van der Waals surface area contributed by atoms with E-state index in [1.165, 1.54) is 68.3 Å². The van der Waals surface area contributed by atoms with Crippen LogP contribution in [0.3, 0.4) is 0 Å². The maximum atomic E-state index is 4.37. The molecule has 2 spiro atoms. The van der Waals surface area contributed by atoms with Gasteiger partial charge in [-0.2, -0.15) is 0 Å². The molecule has 0 radical (unpaired) electrons. The molecule has 10 aromatic rings. The van der Waals surface area contributed by atoms with E-state index >= 15 is 0 Å². The van der Waals surface area contributed by atoms with Crippen molar-refractivity contribution in [1.29, 1.82) is 0 Å². The van der Waals surface area contributed by atoms with Gasteiger partial charge < -0.3 is 0 Å². The molecule has 0 N–H and O–H groups in total. The molecular formula is C59H40GeN4. The predicted octanol–water partition coefficient (Wildman–Crippen LogP) is 11.5. The maximum absolute atomic E-state index is 4.37. The molecule has 5 heterocycles. The van der Waals surface area contributed by atoms with Crippen LogP contribution in [-0.2, 0) is 5.41 Å². The Bertz CT molecular complexity index is 3220. The Balaban J connectivity index is 1.12. The monoisotopic (exact) mass is 878 g/mol. The summed E-state index contributed by atoms with van der Waals surface area (Å²) in [6.07, 6.45) is 7.50. The molecule has 64 heavy (non-hydrogen) atoms. The van der Waals surface area contributed by atoms with Crippen LogP contribution >= 0.6 is 0 Å². The molecule has 5 heteroatoms. The first-order valence-electron chi connectivity index (χ1n) is 22.0. The van der Waals surface area contributed by atoms with Gasteiger partial charge in [0, 0.05) is 0 Å². The number of nitrogens with zero attached hydrogens (tertiary/aromatic N) is 4. The summed E-state index contributed by atoms with van der Waals surface area (Å²) in [4.78, 5) is 13.7. The molecule has 0 saturated carbocycles. The average Bonchev–Trinajstić information content (AvgIpc) is 3.38. The van der Waals surface area contributed by atoms with Gasteiger partial charge in [0.1, 0.15) is 0 Å². The van der Waals surface area contributed by atoms with E-state index in [1.807, 2.05) is 24.8 Å². The molecular weight excluding hydrogens is 837 g/mol. The van der Waals surface area contributed by atoms with Crippen LogP contribution in [-0.4, -0.2) is 23.2 Å². The second kappa shape index (κ2) is 14.4. The van der Waals surface area contributed by atoms with Crippen molar-refractivity contribution in [3.8, 4) is 22.3 Å². The molecule has 4 nitrogen and oxygen atoms in total. The molecule has 0 bridgehead atoms. The Morgan fingerprint density at radius 3 is 1.16 bits per heavy atom. The van der Waals surface area contributed by atoms with E-state index in [1.54, 1.807) is 0 Å². The third kappa shape index (κ3) is 5.06. The SMILES string of the molecule is c1ccc(N2c3cccc[c]3[Ge]3([c]4ccccc42)[c]2ccccc2C2(c4ccccc4N(c4cc(-c5ccncc5)cc(-c5ccncc5)c4)c4ccccc42)c2cccc[c]23)cc1. The summed E-state index contributed by atoms with van der Waals surface area (Å²) in [5.41, 5.74) is 16.3. The fourth-order valence-electron chi connectivity index (χ4n) is 11.5. The third-order valence-electron chi connectivity index (χ3n) is 13.9. The second-order valence-corrected chi connectivity index (χ2v) is 24.6. The summed E-state index contributed by atoms with van der Waals surface area (Å²) < 4.78 is 5.86. The van der Waals surface area contributed by atoms with Gasteiger partial charge in [-0.1, -0.05) is 0 Å². The predicted molar refractivity (Wildman–Crippen MR) is 265 cm³/mol. The standard InChI is InChI=1S/C59H40GeN4/c1-2-16-45(17-3-1)63-57-28-14-10-24-53(57)60(54-25-11-15-29-58(54)63)51-22-8-4-18-47(51)59(48-19-5-9-23-52(48)60)49-20-6-12-26-55(49)64(56-27-13-7-21-50(56)59)46-39-43(41-30-34-61-35-31-41)38-44(40-46)42-32-36-62-37-33-42/h1-40H. The van der Waals surface area contributed by atoms with Gasteiger partial charge in [0.25, 0.3) is 0 Å². The fraction of sp³-hybridized carbons (Fsp3) is 0.0169. The minimum atomic E-state index is -3.85. The number of aromatic nitrogens is 2. The molecule has 0 atom stereocenters. The first kappa shape index (κ1) is 36.8. The van der Waals surface area contributed by atoms with Crippen molar-refractivity contribution in [2.24, 2.45) is 0 Å². The van der Waals surface area contributed by atoms with E-state index in [2.05, 4.69) is 238 Å². The molecule has 3 aliphatic rings. The van der Waals surface area contributed by atoms with E-state index in [9.17, 15) is 0 Å². The zero-order chi connectivity index (χ0) is 42.2. The number of pyridine rings is 2. The summed E-state index contributed by atoms with van der Waals surface area (Å²) in [6, 6.07) is 82.2. The number of hydrogen-bond acceptors (Lipinski definition) is 4. The van der Waals surface area contributed by atoms with Crippen molar-refractivity contribution in [2.75, 3.05) is 9.80 Å². The van der Waals surface area contributed by atoms with Crippen molar-refractivity contribution < 1.29 is 0 Å². The van der Waals surface area contributed by atoms with Crippen molar-refractivity contribution in [1.82, 2.24) is 9.97 Å². The molecule has 2 aromatic heterocycles. The van der Waals surface area contributed by atoms with Crippen LogP contribution in [0.25, 0.3) is 22.3 Å². The number of anilines is 6. The van der Waals surface area contributed by atoms with E-state index in [4.69, 9.17) is 0 Å². The average molecular weight is 878 g/mol. The van der Waals surface area contributed by atoms with Gasteiger partial charge in [0.15, 0.2) is 0 Å². The zero-order valence-electron chi connectivity index (χ0n) is 34.9. The van der Waals surface area contributed by atoms with Crippen LogP contribution in [0.15, 0.2) is 243 Å². The van der Waals surface area contributed by atoms with E-state index in [0.29, 0.717) is 0 Å². The summed E-state index contributed by atoms with van der Waals surface area (Å²) >= 11 is -3.85. The number of para-hydroxylation sites is 5. The Hall–Kier alpha value is -7.80. The van der Waals surface area contributed by atoms with Crippen LogP contribution in [0.1, 0.15) is 22.3 Å². The van der Waals surface area contributed by atoms with Crippen molar-refractivity contribution in [3.63, 3.8) is 0 Å². The number of hydrogen-bond donors (Lipinski definition) is 0. The van der Waals surface area contributed by atoms with Crippen molar-refractivity contribution in [3.05, 3.63) is 265 Å². The topological polar surface area (TPSA) is 32.3 Å². The quantitative estimate of drug-likeness (QED) is 0.165. The first-order valence-corrected chi connectivity index (χ1v) is 26.2. The fourth-order valence-corrected chi connectivity index (χ4v) is 23.3. The van der Waals surface area contributed by atoms with Crippen LogP contribution in [0, 0.1) is 0 Å². The zero-order valence-corrected chi connectivity index (χ0v) is 37.0.